The van der Waals surface area contributed by atoms with Gasteiger partial charge in [-0.3, -0.25) is 4.57 Å². The summed E-state index contributed by atoms with van der Waals surface area (Å²) >= 11 is 5.99. The molecule has 74 valence electrons. The molecule has 0 fully saturated rings. The largest absolute Gasteiger partial charge is 0.287 e. The lowest BCUT2D eigenvalue weighted by molar-refractivity contribution is 0.975. The van der Waals surface area contributed by atoms with Crippen molar-refractivity contribution in [2.45, 2.75) is 6.92 Å². The van der Waals surface area contributed by atoms with Crippen molar-refractivity contribution in [3.05, 3.63) is 47.0 Å². The van der Waals surface area contributed by atoms with Gasteiger partial charge in [0.05, 0.1) is 17.8 Å². The minimum atomic E-state index is 0.567. The Labute approximate surface area is 92.6 Å². The monoisotopic (exact) mass is 217 g/mol. The Balaban J connectivity index is 2.51. The maximum atomic E-state index is 8.67. The summed E-state index contributed by atoms with van der Waals surface area (Å²) in [6.07, 6.45) is 1.61. The Hall–Kier alpha value is -1.79. The molecule has 0 atom stereocenters. The average Bonchev–Trinajstić information content (AvgIpc) is 2.59. The minimum absolute atomic E-state index is 0.567. The first-order valence-electron chi connectivity index (χ1n) is 4.43. The highest BCUT2D eigenvalue weighted by molar-refractivity contribution is 6.29. The molecule has 0 aliphatic carbocycles. The molecule has 0 saturated carbocycles. The number of rotatable bonds is 1. The molecule has 0 aliphatic rings. The third-order valence-corrected chi connectivity index (χ3v) is 2.42. The van der Waals surface area contributed by atoms with E-state index in [0.29, 0.717) is 10.7 Å². The van der Waals surface area contributed by atoms with E-state index in [9.17, 15) is 0 Å². The van der Waals surface area contributed by atoms with Crippen molar-refractivity contribution in [3.8, 4) is 11.8 Å². The van der Waals surface area contributed by atoms with Crippen LogP contribution >= 0.6 is 11.6 Å². The highest BCUT2D eigenvalue weighted by Crippen LogP contribution is 2.18. The van der Waals surface area contributed by atoms with Crippen molar-refractivity contribution in [2.24, 2.45) is 0 Å². The van der Waals surface area contributed by atoms with Crippen molar-refractivity contribution in [2.75, 3.05) is 0 Å². The number of benzene rings is 1. The summed E-state index contributed by atoms with van der Waals surface area (Å²) in [5.41, 5.74) is 1.54. The molecule has 0 spiro atoms. The molecule has 0 unspecified atom stereocenters. The highest BCUT2D eigenvalue weighted by atomic mass is 35.5. The SMILES string of the molecule is Cc1ncc(Cl)n1-c1ccc(C#N)cc1. The number of imidazole rings is 1. The van der Waals surface area contributed by atoms with Gasteiger partial charge < -0.3 is 0 Å². The van der Waals surface area contributed by atoms with Crippen LogP contribution in [0.1, 0.15) is 11.4 Å². The molecule has 2 aromatic rings. The van der Waals surface area contributed by atoms with Crippen molar-refractivity contribution < 1.29 is 0 Å². The molecule has 3 nitrogen and oxygen atoms in total. The van der Waals surface area contributed by atoms with Crippen LogP contribution in [0.3, 0.4) is 0 Å². The van der Waals surface area contributed by atoms with E-state index >= 15 is 0 Å². The summed E-state index contributed by atoms with van der Waals surface area (Å²) in [4.78, 5) is 4.10. The number of nitriles is 1. The van der Waals surface area contributed by atoms with Crippen molar-refractivity contribution in [3.63, 3.8) is 0 Å². The lowest BCUT2D eigenvalue weighted by Crippen LogP contribution is -1.96. The molecule has 0 N–H and O–H groups in total. The fraction of sp³-hybridized carbons (Fsp3) is 0.0909. The van der Waals surface area contributed by atoms with Crippen LogP contribution in [0.25, 0.3) is 5.69 Å². The van der Waals surface area contributed by atoms with E-state index < -0.39 is 0 Å². The lowest BCUT2D eigenvalue weighted by Gasteiger charge is -2.05. The number of hydrogen-bond donors (Lipinski definition) is 0. The van der Waals surface area contributed by atoms with E-state index in [2.05, 4.69) is 11.1 Å². The van der Waals surface area contributed by atoms with Crippen molar-refractivity contribution in [1.82, 2.24) is 9.55 Å². The summed E-state index contributed by atoms with van der Waals surface area (Å²) in [5, 5.41) is 9.24. The molecule has 1 aromatic heterocycles. The number of nitrogens with zero attached hydrogens (tertiary/aromatic N) is 3. The standard InChI is InChI=1S/C11H8ClN3/c1-8-14-7-11(12)15(8)10-4-2-9(6-13)3-5-10/h2-5,7H,1H3. The first-order valence-corrected chi connectivity index (χ1v) is 4.80. The quantitative estimate of drug-likeness (QED) is 0.737. The van der Waals surface area contributed by atoms with Crippen molar-refractivity contribution in [1.29, 1.82) is 5.26 Å². The fourth-order valence-corrected chi connectivity index (χ4v) is 1.68. The Morgan fingerprint density at radius 1 is 1.33 bits per heavy atom. The second-order valence-electron chi connectivity index (χ2n) is 3.12. The van der Waals surface area contributed by atoms with E-state index in [1.165, 1.54) is 0 Å². The van der Waals surface area contributed by atoms with Gasteiger partial charge in [-0.2, -0.15) is 5.26 Å². The molecule has 4 heteroatoms. The smallest absolute Gasteiger partial charge is 0.133 e. The van der Waals surface area contributed by atoms with E-state index in [1.807, 2.05) is 23.6 Å². The zero-order valence-electron chi connectivity index (χ0n) is 8.11. The van der Waals surface area contributed by atoms with Crippen LogP contribution in [0.4, 0.5) is 0 Å². The molecule has 0 bridgehead atoms. The Morgan fingerprint density at radius 3 is 2.47 bits per heavy atom. The van der Waals surface area contributed by atoms with E-state index in [1.54, 1.807) is 18.3 Å². The molecule has 0 radical (unpaired) electrons. The fourth-order valence-electron chi connectivity index (χ4n) is 1.41. The summed E-state index contributed by atoms with van der Waals surface area (Å²) in [6, 6.07) is 9.27. The summed E-state index contributed by atoms with van der Waals surface area (Å²) in [7, 11) is 0. The summed E-state index contributed by atoms with van der Waals surface area (Å²) in [6.45, 7) is 1.88. The maximum Gasteiger partial charge on any atom is 0.133 e. The minimum Gasteiger partial charge on any atom is -0.287 e. The summed E-state index contributed by atoms with van der Waals surface area (Å²) in [5.74, 6) is 0.824. The molecule has 0 aliphatic heterocycles. The van der Waals surface area contributed by atoms with Gasteiger partial charge in [0, 0.05) is 5.69 Å². The van der Waals surface area contributed by atoms with Crippen LogP contribution in [0.5, 0.6) is 0 Å². The lowest BCUT2D eigenvalue weighted by atomic mass is 10.2. The molecular formula is C11H8ClN3. The van der Waals surface area contributed by atoms with Gasteiger partial charge in [0.25, 0.3) is 0 Å². The molecule has 15 heavy (non-hydrogen) atoms. The number of aryl methyl sites for hydroxylation is 1. The molecule has 0 amide bonds. The van der Waals surface area contributed by atoms with Crippen LogP contribution < -0.4 is 0 Å². The Morgan fingerprint density at radius 2 is 2.00 bits per heavy atom. The van der Waals surface area contributed by atoms with E-state index in [4.69, 9.17) is 16.9 Å². The molecular weight excluding hydrogens is 210 g/mol. The van der Waals surface area contributed by atoms with Gasteiger partial charge in [-0.15, -0.1) is 0 Å². The maximum absolute atomic E-state index is 8.67. The Bertz CT molecular complexity index is 500. The molecule has 0 saturated heterocycles. The number of aromatic nitrogens is 2. The van der Waals surface area contributed by atoms with E-state index in [-0.39, 0.29) is 0 Å². The topological polar surface area (TPSA) is 41.6 Å². The molecule has 1 aromatic carbocycles. The van der Waals surface area contributed by atoms with Crippen molar-refractivity contribution >= 4 is 11.6 Å². The molecule has 1 heterocycles. The number of halogens is 1. The van der Waals surface area contributed by atoms with E-state index in [0.717, 1.165) is 11.5 Å². The zero-order chi connectivity index (χ0) is 10.8. The average molecular weight is 218 g/mol. The van der Waals surface area contributed by atoms with Gasteiger partial charge >= 0.3 is 0 Å². The van der Waals surface area contributed by atoms with Gasteiger partial charge in [-0.05, 0) is 31.2 Å². The van der Waals surface area contributed by atoms with Crippen LogP contribution in [0.15, 0.2) is 30.5 Å². The third-order valence-electron chi connectivity index (χ3n) is 2.15. The second-order valence-corrected chi connectivity index (χ2v) is 3.51. The van der Waals surface area contributed by atoms with Crippen LogP contribution in [-0.4, -0.2) is 9.55 Å². The first kappa shape index (κ1) is 9.75. The van der Waals surface area contributed by atoms with Crippen LogP contribution in [0.2, 0.25) is 5.15 Å². The predicted molar refractivity (Wildman–Crippen MR) is 58.0 cm³/mol. The van der Waals surface area contributed by atoms with Gasteiger partial charge in [0.2, 0.25) is 0 Å². The second kappa shape index (κ2) is 3.76. The Kier molecular flexibility index (Phi) is 2.44. The van der Waals surface area contributed by atoms with Gasteiger partial charge in [-0.1, -0.05) is 11.6 Å². The normalized spacial score (nSPS) is 9.93. The van der Waals surface area contributed by atoms with Gasteiger partial charge in [-0.25, -0.2) is 4.98 Å². The first-order chi connectivity index (χ1) is 7.22. The van der Waals surface area contributed by atoms with Crippen LogP contribution in [0, 0.1) is 18.3 Å². The van der Waals surface area contributed by atoms with Crippen LogP contribution in [-0.2, 0) is 0 Å². The highest BCUT2D eigenvalue weighted by Gasteiger charge is 2.05. The van der Waals surface area contributed by atoms with Gasteiger partial charge in [0.15, 0.2) is 0 Å². The zero-order valence-corrected chi connectivity index (χ0v) is 8.86. The summed E-state index contributed by atoms with van der Waals surface area (Å²) < 4.78 is 1.82. The third kappa shape index (κ3) is 1.72. The number of hydrogen-bond acceptors (Lipinski definition) is 2. The predicted octanol–water partition coefficient (Wildman–Crippen LogP) is 2.71. The van der Waals surface area contributed by atoms with Gasteiger partial charge in [0.1, 0.15) is 11.0 Å². The molecule has 2 rings (SSSR count).